The molecule has 0 aliphatic carbocycles. The molecule has 0 radical (unpaired) electrons. The number of halogens is 1. The molecule has 0 bridgehead atoms. The van der Waals surface area contributed by atoms with Gasteiger partial charge in [-0.15, -0.1) is 0 Å². The van der Waals surface area contributed by atoms with Gasteiger partial charge in [0.05, 0.1) is 12.0 Å². The highest BCUT2D eigenvalue weighted by Crippen LogP contribution is 2.20. The molecule has 21 heavy (non-hydrogen) atoms. The molecule has 3 nitrogen and oxygen atoms in total. The number of carbonyl (C=O) groups is 1. The van der Waals surface area contributed by atoms with Crippen molar-refractivity contribution in [3.8, 4) is 0 Å². The maximum atomic E-state index is 12.4. The van der Waals surface area contributed by atoms with Gasteiger partial charge in [0, 0.05) is 11.0 Å². The summed E-state index contributed by atoms with van der Waals surface area (Å²) in [6, 6.07) is 17.5. The Morgan fingerprint density at radius 2 is 1.81 bits per heavy atom. The minimum atomic E-state index is -0.319. The minimum Gasteiger partial charge on any atom is -0.349 e. The van der Waals surface area contributed by atoms with Gasteiger partial charge in [0.15, 0.2) is 0 Å². The Bertz CT molecular complexity index is 601. The van der Waals surface area contributed by atoms with Crippen LogP contribution in [-0.4, -0.2) is 12.5 Å². The summed E-state index contributed by atoms with van der Waals surface area (Å²) < 4.78 is 1.000. The molecule has 2 rings (SSSR count). The molecule has 0 aliphatic rings. The second kappa shape index (κ2) is 7.38. The van der Waals surface area contributed by atoms with Crippen molar-refractivity contribution in [3.63, 3.8) is 0 Å². The van der Waals surface area contributed by atoms with Gasteiger partial charge in [-0.1, -0.05) is 58.4 Å². The predicted octanol–water partition coefficient (Wildman–Crippen LogP) is 3.37. The van der Waals surface area contributed by atoms with Gasteiger partial charge in [0.2, 0.25) is 5.91 Å². The first-order valence-electron chi connectivity index (χ1n) is 6.92. The molecular weight excluding hydrogens is 328 g/mol. The number of nitrogens with two attached hydrogens (primary N) is 1. The van der Waals surface area contributed by atoms with Crippen molar-refractivity contribution in [1.29, 1.82) is 0 Å². The van der Waals surface area contributed by atoms with Crippen molar-refractivity contribution >= 4 is 21.8 Å². The first kappa shape index (κ1) is 15.7. The van der Waals surface area contributed by atoms with E-state index in [2.05, 4.69) is 21.2 Å². The lowest BCUT2D eigenvalue weighted by Gasteiger charge is -2.20. The van der Waals surface area contributed by atoms with E-state index in [1.54, 1.807) is 0 Å². The molecule has 0 aromatic heterocycles. The number of hydrogen-bond acceptors (Lipinski definition) is 2. The van der Waals surface area contributed by atoms with Crippen LogP contribution in [0.4, 0.5) is 0 Å². The van der Waals surface area contributed by atoms with Gasteiger partial charge < -0.3 is 11.1 Å². The minimum absolute atomic E-state index is 0.0452. The lowest BCUT2D eigenvalue weighted by atomic mass is 9.97. The van der Waals surface area contributed by atoms with Gasteiger partial charge in [-0.25, -0.2) is 0 Å². The van der Waals surface area contributed by atoms with E-state index in [1.807, 2.05) is 61.5 Å². The molecule has 0 saturated carbocycles. The van der Waals surface area contributed by atoms with E-state index >= 15 is 0 Å². The Balaban J connectivity index is 2.09. The second-order valence-electron chi connectivity index (χ2n) is 4.98. The Labute approximate surface area is 133 Å². The van der Waals surface area contributed by atoms with Gasteiger partial charge in [-0.05, 0) is 30.2 Å². The fourth-order valence-electron chi connectivity index (χ4n) is 2.25. The predicted molar refractivity (Wildman–Crippen MR) is 88.9 cm³/mol. The van der Waals surface area contributed by atoms with E-state index in [-0.39, 0.29) is 17.9 Å². The third-order valence-corrected chi connectivity index (χ3v) is 3.95. The third kappa shape index (κ3) is 4.16. The summed E-state index contributed by atoms with van der Waals surface area (Å²) in [6.07, 6.45) is 0. The van der Waals surface area contributed by atoms with E-state index < -0.39 is 0 Å². The molecule has 2 aromatic carbocycles. The molecule has 110 valence electrons. The van der Waals surface area contributed by atoms with Crippen LogP contribution < -0.4 is 11.1 Å². The highest BCUT2D eigenvalue weighted by Gasteiger charge is 2.20. The number of hydrogen-bond donors (Lipinski definition) is 2. The lowest BCUT2D eigenvalue weighted by Crippen LogP contribution is -2.35. The summed E-state index contributed by atoms with van der Waals surface area (Å²) in [5.41, 5.74) is 7.78. The zero-order valence-electron chi connectivity index (χ0n) is 11.9. The summed E-state index contributed by atoms with van der Waals surface area (Å²) >= 11 is 3.44. The van der Waals surface area contributed by atoms with E-state index in [0.717, 1.165) is 15.6 Å². The number of benzene rings is 2. The van der Waals surface area contributed by atoms with E-state index in [9.17, 15) is 4.79 Å². The molecule has 1 amide bonds. The molecule has 3 N–H and O–H groups in total. The summed E-state index contributed by atoms with van der Waals surface area (Å²) in [5, 5.41) is 3.03. The van der Waals surface area contributed by atoms with Gasteiger partial charge in [-0.2, -0.15) is 0 Å². The van der Waals surface area contributed by atoms with Crippen LogP contribution >= 0.6 is 15.9 Å². The molecule has 2 aromatic rings. The molecule has 0 fully saturated rings. The van der Waals surface area contributed by atoms with E-state index in [1.165, 1.54) is 0 Å². The largest absolute Gasteiger partial charge is 0.349 e. The smallest absolute Gasteiger partial charge is 0.229 e. The Hall–Kier alpha value is -1.65. The van der Waals surface area contributed by atoms with Crippen molar-refractivity contribution in [1.82, 2.24) is 5.32 Å². The van der Waals surface area contributed by atoms with Crippen LogP contribution in [0.2, 0.25) is 0 Å². The fourth-order valence-corrected chi connectivity index (χ4v) is 2.67. The van der Waals surface area contributed by atoms with Crippen LogP contribution in [0.5, 0.6) is 0 Å². The molecule has 4 heteroatoms. The van der Waals surface area contributed by atoms with Crippen molar-refractivity contribution in [2.75, 3.05) is 6.54 Å². The maximum absolute atomic E-state index is 12.4. The number of rotatable bonds is 5. The van der Waals surface area contributed by atoms with Crippen LogP contribution in [0.3, 0.4) is 0 Å². The molecule has 1 unspecified atom stereocenters. The van der Waals surface area contributed by atoms with E-state index in [0.29, 0.717) is 6.54 Å². The topological polar surface area (TPSA) is 55.1 Å². The van der Waals surface area contributed by atoms with Crippen molar-refractivity contribution < 1.29 is 4.79 Å². The quantitative estimate of drug-likeness (QED) is 0.871. The summed E-state index contributed by atoms with van der Waals surface area (Å²) in [4.78, 5) is 12.4. The average molecular weight is 347 g/mol. The summed E-state index contributed by atoms with van der Waals surface area (Å²) in [5.74, 6) is -0.364. The van der Waals surface area contributed by atoms with Crippen LogP contribution in [0, 0.1) is 0 Å². The van der Waals surface area contributed by atoms with Crippen LogP contribution in [0.25, 0.3) is 0 Å². The maximum Gasteiger partial charge on any atom is 0.229 e. The SMILES string of the molecule is C[C@H](NC(=O)C(CN)c1ccccc1)c1cccc(Br)c1. The van der Waals surface area contributed by atoms with Crippen LogP contribution in [0.15, 0.2) is 59.1 Å². The zero-order chi connectivity index (χ0) is 15.2. The van der Waals surface area contributed by atoms with Gasteiger partial charge in [0.1, 0.15) is 0 Å². The number of amides is 1. The van der Waals surface area contributed by atoms with Gasteiger partial charge >= 0.3 is 0 Å². The van der Waals surface area contributed by atoms with Gasteiger partial charge in [-0.3, -0.25) is 4.79 Å². The molecule has 0 saturated heterocycles. The van der Waals surface area contributed by atoms with Crippen LogP contribution in [0.1, 0.15) is 30.0 Å². The van der Waals surface area contributed by atoms with Crippen molar-refractivity contribution in [2.45, 2.75) is 18.9 Å². The first-order chi connectivity index (χ1) is 10.1. The van der Waals surface area contributed by atoms with Crippen LogP contribution in [-0.2, 0) is 4.79 Å². The molecule has 0 aliphatic heterocycles. The fraction of sp³-hybridized carbons (Fsp3) is 0.235. The normalized spacial score (nSPS) is 13.5. The summed E-state index contributed by atoms with van der Waals surface area (Å²) in [7, 11) is 0. The van der Waals surface area contributed by atoms with Gasteiger partial charge in [0.25, 0.3) is 0 Å². The molecule has 0 spiro atoms. The Morgan fingerprint density at radius 3 is 2.43 bits per heavy atom. The Morgan fingerprint density at radius 1 is 1.14 bits per heavy atom. The highest BCUT2D eigenvalue weighted by atomic mass is 79.9. The van der Waals surface area contributed by atoms with Crippen molar-refractivity contribution in [3.05, 3.63) is 70.2 Å². The molecular formula is C17H19BrN2O. The number of carbonyl (C=O) groups excluding carboxylic acids is 1. The standard InChI is InChI=1S/C17H19BrN2O/c1-12(14-8-5-9-15(18)10-14)20-17(21)16(11-19)13-6-3-2-4-7-13/h2-10,12,16H,11,19H2,1H3,(H,20,21)/t12-,16?/m0/s1. The summed E-state index contributed by atoms with van der Waals surface area (Å²) in [6.45, 7) is 2.26. The monoisotopic (exact) mass is 346 g/mol. The lowest BCUT2D eigenvalue weighted by molar-refractivity contribution is -0.123. The molecule has 0 heterocycles. The molecule has 2 atom stereocenters. The second-order valence-corrected chi connectivity index (χ2v) is 5.90. The third-order valence-electron chi connectivity index (χ3n) is 3.46. The highest BCUT2D eigenvalue weighted by molar-refractivity contribution is 9.10. The average Bonchev–Trinajstić information content (AvgIpc) is 2.49. The Kier molecular flexibility index (Phi) is 5.53. The number of nitrogens with one attached hydrogen (secondary N) is 1. The van der Waals surface area contributed by atoms with E-state index in [4.69, 9.17) is 5.73 Å². The van der Waals surface area contributed by atoms with Crippen molar-refractivity contribution in [2.24, 2.45) is 5.73 Å². The zero-order valence-corrected chi connectivity index (χ0v) is 13.5. The first-order valence-corrected chi connectivity index (χ1v) is 7.72.